The zero-order valence-electron chi connectivity index (χ0n) is 11.6. The van der Waals surface area contributed by atoms with Crippen LogP contribution in [0.4, 0.5) is 0 Å². The van der Waals surface area contributed by atoms with Gasteiger partial charge in [-0.2, -0.15) is 0 Å². The zero-order chi connectivity index (χ0) is 13.3. The number of Topliss-reactive ketones (excluding diaryl/α,β-unsaturated/α-hetero) is 1. The second-order valence-corrected chi connectivity index (χ2v) is 6.08. The Morgan fingerprint density at radius 1 is 1.16 bits per heavy atom. The van der Waals surface area contributed by atoms with Crippen LogP contribution in [0.15, 0.2) is 30.3 Å². The lowest BCUT2D eigenvalue weighted by molar-refractivity contribution is -0.117. The first kappa shape index (κ1) is 12.8. The molecular formula is C16H22N2O. The Morgan fingerprint density at radius 2 is 1.84 bits per heavy atom. The number of rotatable bonds is 2. The number of hydrogen-bond donors (Lipinski definition) is 0. The van der Waals surface area contributed by atoms with Gasteiger partial charge in [0.2, 0.25) is 0 Å². The third-order valence-corrected chi connectivity index (χ3v) is 4.70. The van der Waals surface area contributed by atoms with E-state index in [1.807, 2.05) is 6.07 Å². The largest absolute Gasteiger partial charge is 0.306 e. The molecule has 0 aromatic heterocycles. The maximum Gasteiger partial charge on any atom is 0.148 e. The number of nitrogens with zero attached hydrogens (tertiary/aromatic N) is 2. The quantitative estimate of drug-likeness (QED) is 0.810. The highest BCUT2D eigenvalue weighted by molar-refractivity contribution is 5.84. The van der Waals surface area contributed by atoms with Gasteiger partial charge in [-0.3, -0.25) is 9.69 Å². The number of hydrogen-bond acceptors (Lipinski definition) is 3. The van der Waals surface area contributed by atoms with Crippen molar-refractivity contribution in [3.8, 4) is 0 Å². The highest BCUT2D eigenvalue weighted by atomic mass is 16.1. The first-order chi connectivity index (χ1) is 9.18. The number of carbonyl (C=O) groups excluding carboxylic acids is 1. The van der Waals surface area contributed by atoms with Crippen LogP contribution >= 0.6 is 0 Å². The first-order valence-corrected chi connectivity index (χ1v) is 7.17. The maximum absolute atomic E-state index is 11.9. The molecule has 0 saturated carbocycles. The van der Waals surface area contributed by atoms with Gasteiger partial charge in [0.05, 0.1) is 6.54 Å². The molecular weight excluding hydrogens is 236 g/mol. The van der Waals surface area contributed by atoms with Crippen molar-refractivity contribution >= 4 is 5.78 Å². The van der Waals surface area contributed by atoms with Crippen LogP contribution in [0.2, 0.25) is 0 Å². The second kappa shape index (κ2) is 5.06. The van der Waals surface area contributed by atoms with Crippen LogP contribution < -0.4 is 0 Å². The third kappa shape index (κ3) is 2.58. The van der Waals surface area contributed by atoms with Gasteiger partial charge in [0.1, 0.15) is 5.78 Å². The van der Waals surface area contributed by atoms with E-state index in [1.54, 1.807) is 0 Å². The topological polar surface area (TPSA) is 23.6 Å². The maximum atomic E-state index is 11.9. The van der Waals surface area contributed by atoms with Crippen LogP contribution in [-0.2, 0) is 11.3 Å². The second-order valence-electron chi connectivity index (χ2n) is 6.08. The van der Waals surface area contributed by atoms with E-state index < -0.39 is 0 Å². The summed E-state index contributed by atoms with van der Waals surface area (Å²) in [6.45, 7) is 3.77. The fourth-order valence-corrected chi connectivity index (χ4v) is 3.47. The summed E-state index contributed by atoms with van der Waals surface area (Å²) in [6, 6.07) is 10.5. The number of ketones is 1. The lowest BCUT2D eigenvalue weighted by Gasteiger charge is -2.43. The molecule has 2 aliphatic rings. The normalized spacial score (nSPS) is 24.2. The lowest BCUT2D eigenvalue weighted by Crippen LogP contribution is -2.50. The van der Waals surface area contributed by atoms with E-state index in [1.165, 1.54) is 5.56 Å². The summed E-state index contributed by atoms with van der Waals surface area (Å²) in [5.41, 5.74) is 1.45. The molecule has 1 aromatic rings. The van der Waals surface area contributed by atoms with Gasteiger partial charge in [-0.1, -0.05) is 30.3 Å². The minimum atomic E-state index is 0.138. The van der Waals surface area contributed by atoms with Crippen molar-refractivity contribution in [2.24, 2.45) is 0 Å². The monoisotopic (exact) mass is 258 g/mol. The molecule has 0 aliphatic carbocycles. The number of likely N-dealkylation sites (tertiary alicyclic amines) is 2. The molecule has 2 saturated heterocycles. The Labute approximate surface area is 115 Å². The molecule has 0 atom stereocenters. The van der Waals surface area contributed by atoms with Gasteiger partial charge in [0.15, 0.2) is 0 Å². The Bertz CT molecular complexity index is 449. The molecule has 3 heteroatoms. The minimum absolute atomic E-state index is 0.138. The minimum Gasteiger partial charge on any atom is -0.306 e. The summed E-state index contributed by atoms with van der Waals surface area (Å²) in [7, 11) is 2.17. The molecule has 1 spiro atoms. The highest BCUT2D eigenvalue weighted by Crippen LogP contribution is 2.37. The van der Waals surface area contributed by atoms with Crippen LogP contribution in [-0.4, -0.2) is 47.8 Å². The van der Waals surface area contributed by atoms with E-state index in [4.69, 9.17) is 0 Å². The molecule has 2 heterocycles. The van der Waals surface area contributed by atoms with Gasteiger partial charge >= 0.3 is 0 Å². The molecule has 2 aliphatic heterocycles. The average Bonchev–Trinajstić information content (AvgIpc) is 2.71. The van der Waals surface area contributed by atoms with E-state index in [-0.39, 0.29) is 5.54 Å². The first-order valence-electron chi connectivity index (χ1n) is 7.17. The summed E-state index contributed by atoms with van der Waals surface area (Å²) in [5, 5.41) is 0. The van der Waals surface area contributed by atoms with Gasteiger partial charge in [-0.15, -0.1) is 0 Å². The summed E-state index contributed by atoms with van der Waals surface area (Å²) in [5.74, 6) is 0.417. The van der Waals surface area contributed by atoms with Gasteiger partial charge in [0, 0.05) is 18.5 Å². The van der Waals surface area contributed by atoms with Crippen molar-refractivity contribution in [2.45, 2.75) is 31.3 Å². The number of carbonyl (C=O) groups is 1. The van der Waals surface area contributed by atoms with E-state index in [0.717, 1.165) is 38.9 Å². The molecule has 0 unspecified atom stereocenters. The van der Waals surface area contributed by atoms with E-state index >= 15 is 0 Å². The summed E-state index contributed by atoms with van der Waals surface area (Å²) in [6.07, 6.45) is 3.01. The van der Waals surface area contributed by atoms with Crippen LogP contribution in [0.5, 0.6) is 0 Å². The lowest BCUT2D eigenvalue weighted by atomic mass is 9.84. The SMILES string of the molecule is CN1CCC2(CC1)CC(=O)CN2Cc1ccccc1. The Balaban J connectivity index is 1.77. The highest BCUT2D eigenvalue weighted by Gasteiger charge is 2.45. The molecule has 2 fully saturated rings. The Morgan fingerprint density at radius 3 is 2.53 bits per heavy atom. The van der Waals surface area contributed by atoms with Crippen molar-refractivity contribution in [3.05, 3.63) is 35.9 Å². The Kier molecular flexibility index (Phi) is 3.42. The molecule has 19 heavy (non-hydrogen) atoms. The van der Waals surface area contributed by atoms with Crippen molar-refractivity contribution in [1.82, 2.24) is 9.80 Å². The van der Waals surface area contributed by atoms with E-state index in [0.29, 0.717) is 12.3 Å². The van der Waals surface area contributed by atoms with E-state index in [2.05, 4.69) is 41.1 Å². The molecule has 3 nitrogen and oxygen atoms in total. The molecule has 0 bridgehead atoms. The summed E-state index contributed by atoms with van der Waals surface area (Å²) >= 11 is 0. The van der Waals surface area contributed by atoms with E-state index in [9.17, 15) is 4.79 Å². The average molecular weight is 258 g/mol. The summed E-state index contributed by atoms with van der Waals surface area (Å²) in [4.78, 5) is 16.7. The number of piperidine rings is 1. The molecule has 0 N–H and O–H groups in total. The van der Waals surface area contributed by atoms with Gasteiger partial charge in [0.25, 0.3) is 0 Å². The smallest absolute Gasteiger partial charge is 0.148 e. The molecule has 0 radical (unpaired) electrons. The predicted octanol–water partition coefficient (Wildman–Crippen LogP) is 1.93. The zero-order valence-corrected chi connectivity index (χ0v) is 11.6. The van der Waals surface area contributed by atoms with Gasteiger partial charge < -0.3 is 4.90 Å². The third-order valence-electron chi connectivity index (χ3n) is 4.70. The Hall–Kier alpha value is -1.19. The predicted molar refractivity (Wildman–Crippen MR) is 75.9 cm³/mol. The molecule has 3 rings (SSSR count). The summed E-state index contributed by atoms with van der Waals surface area (Å²) < 4.78 is 0. The van der Waals surface area contributed by atoms with Crippen molar-refractivity contribution in [2.75, 3.05) is 26.7 Å². The van der Waals surface area contributed by atoms with Crippen molar-refractivity contribution < 1.29 is 4.79 Å². The van der Waals surface area contributed by atoms with Crippen LogP contribution in [0, 0.1) is 0 Å². The molecule has 1 aromatic carbocycles. The van der Waals surface area contributed by atoms with Crippen molar-refractivity contribution in [1.29, 1.82) is 0 Å². The van der Waals surface area contributed by atoms with Gasteiger partial charge in [-0.05, 0) is 38.5 Å². The van der Waals surface area contributed by atoms with Gasteiger partial charge in [-0.25, -0.2) is 0 Å². The molecule has 102 valence electrons. The van der Waals surface area contributed by atoms with Crippen LogP contribution in [0.3, 0.4) is 0 Å². The molecule has 0 amide bonds. The standard InChI is InChI=1S/C16H22N2O/c1-17-9-7-16(8-10-17)11-15(19)13-18(16)12-14-5-3-2-4-6-14/h2-6H,7-13H2,1H3. The number of benzene rings is 1. The fraction of sp³-hybridized carbons (Fsp3) is 0.562. The van der Waals surface area contributed by atoms with Crippen molar-refractivity contribution in [3.63, 3.8) is 0 Å². The van der Waals surface area contributed by atoms with Crippen LogP contribution in [0.25, 0.3) is 0 Å². The van der Waals surface area contributed by atoms with Crippen LogP contribution in [0.1, 0.15) is 24.8 Å². The fourth-order valence-electron chi connectivity index (χ4n) is 3.47.